The molecule has 0 amide bonds. The van der Waals surface area contributed by atoms with Crippen molar-refractivity contribution in [3.63, 3.8) is 0 Å². The van der Waals surface area contributed by atoms with Gasteiger partial charge in [-0.3, -0.25) is 4.79 Å². The van der Waals surface area contributed by atoms with E-state index in [1.165, 1.54) is 25.7 Å². The average molecular weight is 243 g/mol. The van der Waals surface area contributed by atoms with Crippen molar-refractivity contribution in [2.75, 3.05) is 13.2 Å². The minimum Gasteiger partial charge on any atom is -0.465 e. The van der Waals surface area contributed by atoms with Crippen LogP contribution in [0.1, 0.15) is 65.7 Å². The fraction of sp³-hybridized carbons (Fsp3) is 0.929. The topological polar surface area (TPSA) is 52.3 Å². The third kappa shape index (κ3) is 6.67. The molecule has 0 aliphatic heterocycles. The molecule has 0 aromatic rings. The first-order valence-corrected chi connectivity index (χ1v) is 6.98. The molecule has 3 nitrogen and oxygen atoms in total. The molecule has 0 saturated carbocycles. The van der Waals surface area contributed by atoms with Crippen LogP contribution in [-0.4, -0.2) is 19.1 Å². The minimum absolute atomic E-state index is 0.143. The Morgan fingerprint density at radius 3 is 2.24 bits per heavy atom. The summed E-state index contributed by atoms with van der Waals surface area (Å²) < 4.78 is 5.28. The molecule has 102 valence electrons. The number of unbranched alkanes of at least 4 members (excludes halogenated alkanes) is 5. The second-order valence-electron chi connectivity index (χ2n) is 5.02. The Labute approximate surface area is 106 Å². The van der Waals surface area contributed by atoms with Gasteiger partial charge in [-0.1, -0.05) is 46.0 Å². The van der Waals surface area contributed by atoms with Gasteiger partial charge in [-0.2, -0.15) is 0 Å². The van der Waals surface area contributed by atoms with Crippen LogP contribution >= 0.6 is 0 Å². The first-order chi connectivity index (χ1) is 8.10. The Morgan fingerprint density at radius 2 is 1.71 bits per heavy atom. The van der Waals surface area contributed by atoms with Gasteiger partial charge in [0, 0.05) is 6.54 Å². The van der Waals surface area contributed by atoms with Crippen LogP contribution in [0.5, 0.6) is 0 Å². The highest BCUT2D eigenvalue weighted by Gasteiger charge is 2.31. The zero-order chi connectivity index (χ0) is 13.1. The van der Waals surface area contributed by atoms with Gasteiger partial charge < -0.3 is 10.5 Å². The second-order valence-corrected chi connectivity index (χ2v) is 5.02. The number of rotatable bonds is 10. The molecule has 0 aromatic heterocycles. The zero-order valence-electron chi connectivity index (χ0n) is 11.8. The van der Waals surface area contributed by atoms with Crippen LogP contribution in [0, 0.1) is 5.41 Å². The van der Waals surface area contributed by atoms with Crippen molar-refractivity contribution in [1.29, 1.82) is 0 Å². The first-order valence-electron chi connectivity index (χ1n) is 6.98. The lowest BCUT2D eigenvalue weighted by Gasteiger charge is -2.23. The van der Waals surface area contributed by atoms with Crippen LogP contribution < -0.4 is 5.73 Å². The van der Waals surface area contributed by atoms with Crippen molar-refractivity contribution in [2.45, 2.75) is 65.7 Å². The van der Waals surface area contributed by atoms with E-state index in [1.807, 2.05) is 13.8 Å². The third-order valence-corrected chi connectivity index (χ3v) is 3.45. The molecule has 0 heterocycles. The Morgan fingerprint density at radius 1 is 1.12 bits per heavy atom. The highest BCUT2D eigenvalue weighted by Crippen LogP contribution is 2.21. The quantitative estimate of drug-likeness (QED) is 0.473. The number of nitrogens with two attached hydrogens (primary N) is 1. The summed E-state index contributed by atoms with van der Waals surface area (Å²) in [6, 6.07) is 0. The van der Waals surface area contributed by atoms with Crippen molar-refractivity contribution in [3.05, 3.63) is 0 Å². The number of carbonyl (C=O) groups is 1. The average Bonchev–Trinajstić information content (AvgIpc) is 2.36. The number of hydrogen-bond donors (Lipinski definition) is 1. The lowest BCUT2D eigenvalue weighted by molar-refractivity contribution is -0.154. The van der Waals surface area contributed by atoms with E-state index in [-0.39, 0.29) is 5.97 Å². The van der Waals surface area contributed by atoms with Crippen molar-refractivity contribution in [3.8, 4) is 0 Å². The number of esters is 1. The van der Waals surface area contributed by atoms with Crippen molar-refractivity contribution >= 4 is 5.97 Å². The molecule has 0 aliphatic rings. The highest BCUT2D eigenvalue weighted by molar-refractivity contribution is 5.76. The monoisotopic (exact) mass is 243 g/mol. The molecule has 1 unspecified atom stereocenters. The molecule has 0 spiro atoms. The summed E-state index contributed by atoms with van der Waals surface area (Å²) in [5, 5.41) is 0. The molecule has 0 rings (SSSR count). The Bertz CT molecular complexity index is 200. The standard InChI is InChI=1S/C14H29NO2/c1-4-6-7-8-9-10-11-17-13(16)14(3,5-2)12-15/h4-12,15H2,1-3H3. The lowest BCUT2D eigenvalue weighted by atomic mass is 9.88. The molecule has 2 N–H and O–H groups in total. The fourth-order valence-electron chi connectivity index (χ4n) is 1.59. The molecular formula is C14H29NO2. The van der Waals surface area contributed by atoms with Crippen molar-refractivity contribution < 1.29 is 9.53 Å². The maximum absolute atomic E-state index is 11.8. The molecule has 0 saturated heterocycles. The van der Waals surface area contributed by atoms with E-state index >= 15 is 0 Å². The number of hydrogen-bond acceptors (Lipinski definition) is 3. The van der Waals surface area contributed by atoms with Gasteiger partial charge in [0.05, 0.1) is 12.0 Å². The van der Waals surface area contributed by atoms with Gasteiger partial charge in [0.2, 0.25) is 0 Å². The summed E-state index contributed by atoms with van der Waals surface area (Å²) in [7, 11) is 0. The van der Waals surface area contributed by atoms with E-state index < -0.39 is 5.41 Å². The smallest absolute Gasteiger partial charge is 0.313 e. The molecule has 0 fully saturated rings. The summed E-state index contributed by atoms with van der Waals surface area (Å²) >= 11 is 0. The van der Waals surface area contributed by atoms with Crippen molar-refractivity contribution in [1.82, 2.24) is 0 Å². The van der Waals surface area contributed by atoms with Gasteiger partial charge in [0.1, 0.15) is 0 Å². The predicted octanol–water partition coefficient (Wildman–Crippen LogP) is 3.27. The molecule has 0 aliphatic carbocycles. The molecule has 0 radical (unpaired) electrons. The van der Waals surface area contributed by atoms with Gasteiger partial charge in [-0.15, -0.1) is 0 Å². The summed E-state index contributed by atoms with van der Waals surface area (Å²) in [6.45, 7) is 6.95. The molecule has 1 atom stereocenters. The van der Waals surface area contributed by atoms with E-state index in [4.69, 9.17) is 10.5 Å². The normalized spacial score (nSPS) is 14.4. The summed E-state index contributed by atoms with van der Waals surface area (Å²) in [6.07, 6.45) is 7.96. The molecule has 0 bridgehead atoms. The predicted molar refractivity (Wildman–Crippen MR) is 71.8 cm³/mol. The van der Waals surface area contributed by atoms with Crippen LogP contribution in [0.15, 0.2) is 0 Å². The van der Waals surface area contributed by atoms with E-state index in [0.717, 1.165) is 19.3 Å². The zero-order valence-corrected chi connectivity index (χ0v) is 11.8. The maximum Gasteiger partial charge on any atom is 0.313 e. The van der Waals surface area contributed by atoms with E-state index in [2.05, 4.69) is 6.92 Å². The summed E-state index contributed by atoms with van der Waals surface area (Å²) in [4.78, 5) is 11.8. The van der Waals surface area contributed by atoms with Crippen molar-refractivity contribution in [2.24, 2.45) is 11.1 Å². The van der Waals surface area contributed by atoms with Gasteiger partial charge in [0.15, 0.2) is 0 Å². The summed E-state index contributed by atoms with van der Waals surface area (Å²) in [5.74, 6) is -0.143. The van der Waals surface area contributed by atoms with Gasteiger partial charge in [-0.05, 0) is 19.8 Å². The SMILES string of the molecule is CCCCCCCCOC(=O)C(C)(CC)CN. The minimum atomic E-state index is -0.498. The van der Waals surface area contributed by atoms with Gasteiger partial charge in [0.25, 0.3) is 0 Å². The van der Waals surface area contributed by atoms with Crippen LogP contribution in [0.2, 0.25) is 0 Å². The number of carbonyl (C=O) groups excluding carboxylic acids is 1. The largest absolute Gasteiger partial charge is 0.465 e. The maximum atomic E-state index is 11.8. The van der Waals surface area contributed by atoms with Crippen LogP contribution in [0.3, 0.4) is 0 Å². The second kappa shape index (κ2) is 9.46. The van der Waals surface area contributed by atoms with E-state index in [0.29, 0.717) is 13.2 Å². The first kappa shape index (κ1) is 16.4. The summed E-state index contributed by atoms with van der Waals surface area (Å²) in [5.41, 5.74) is 5.11. The number of ether oxygens (including phenoxy) is 1. The van der Waals surface area contributed by atoms with Crippen LogP contribution in [-0.2, 0) is 9.53 Å². The molecule has 17 heavy (non-hydrogen) atoms. The molecule has 0 aromatic carbocycles. The third-order valence-electron chi connectivity index (χ3n) is 3.45. The van der Waals surface area contributed by atoms with E-state index in [1.54, 1.807) is 0 Å². The van der Waals surface area contributed by atoms with Gasteiger partial charge >= 0.3 is 5.97 Å². The molecular weight excluding hydrogens is 214 g/mol. The van der Waals surface area contributed by atoms with Crippen LogP contribution in [0.25, 0.3) is 0 Å². The van der Waals surface area contributed by atoms with Gasteiger partial charge in [-0.25, -0.2) is 0 Å². The Kier molecular flexibility index (Phi) is 9.14. The fourth-order valence-corrected chi connectivity index (χ4v) is 1.59. The van der Waals surface area contributed by atoms with E-state index in [9.17, 15) is 4.79 Å². The lowest BCUT2D eigenvalue weighted by Crippen LogP contribution is -2.36. The Hall–Kier alpha value is -0.570. The molecule has 3 heteroatoms. The Balaban J connectivity index is 3.57. The van der Waals surface area contributed by atoms with Crippen LogP contribution in [0.4, 0.5) is 0 Å². The highest BCUT2D eigenvalue weighted by atomic mass is 16.5.